The normalized spacial score (nSPS) is 16.6. The molecule has 102 valence electrons. The van der Waals surface area contributed by atoms with Crippen LogP contribution in [0, 0.1) is 0 Å². The highest BCUT2D eigenvalue weighted by Crippen LogP contribution is 2.43. The molecule has 0 fully saturated rings. The lowest BCUT2D eigenvalue weighted by atomic mass is 9.89. The first-order valence-electron chi connectivity index (χ1n) is 6.59. The second-order valence-electron chi connectivity index (χ2n) is 5.25. The molecule has 1 aliphatic heterocycles. The predicted octanol–water partition coefficient (Wildman–Crippen LogP) is 3.83. The van der Waals surface area contributed by atoms with E-state index in [4.69, 9.17) is 9.47 Å². The minimum Gasteiger partial charge on any atom is -0.497 e. The fourth-order valence-corrected chi connectivity index (χ4v) is 2.62. The molecule has 3 nitrogen and oxygen atoms in total. The van der Waals surface area contributed by atoms with Crippen LogP contribution in [0.2, 0.25) is 0 Å². The molecular weight excluding hydrogens is 240 g/mol. The smallest absolute Gasteiger partial charge is 0.160 e. The molecule has 3 heteroatoms. The number of fused-ring (bicyclic) bond motifs is 1. The Bertz CT molecular complexity index is 527. The standard InChI is InChI=1S/C16H20O3/c1-5-6-12-13-9-11(10-17)7-8-14(13)19-16(2,3)15(12)18-4/h7-10H,5-6H2,1-4H3. The number of hydrogen-bond acceptors (Lipinski definition) is 3. The second kappa shape index (κ2) is 5.08. The summed E-state index contributed by atoms with van der Waals surface area (Å²) in [4.78, 5) is 10.9. The maximum absolute atomic E-state index is 10.9. The Balaban J connectivity index is 2.65. The van der Waals surface area contributed by atoms with Crippen molar-refractivity contribution in [2.24, 2.45) is 0 Å². The average Bonchev–Trinajstić information content (AvgIpc) is 2.38. The lowest BCUT2D eigenvalue weighted by molar-refractivity contribution is 0.0733. The molecule has 0 atom stereocenters. The summed E-state index contributed by atoms with van der Waals surface area (Å²) in [7, 11) is 1.67. The molecule has 2 rings (SSSR count). The molecule has 0 amide bonds. The number of hydrogen-bond donors (Lipinski definition) is 0. The zero-order valence-corrected chi connectivity index (χ0v) is 11.9. The van der Waals surface area contributed by atoms with Crippen molar-refractivity contribution >= 4 is 11.9 Å². The number of methoxy groups -OCH3 is 1. The van der Waals surface area contributed by atoms with E-state index in [0.717, 1.165) is 41.8 Å². The molecule has 0 saturated carbocycles. The van der Waals surface area contributed by atoms with E-state index >= 15 is 0 Å². The SMILES string of the molecule is CCCC1=C(OC)C(C)(C)Oc2ccc(C=O)cc21. The minimum absolute atomic E-state index is 0.477. The molecule has 1 aromatic carbocycles. The van der Waals surface area contributed by atoms with E-state index in [1.54, 1.807) is 13.2 Å². The number of benzene rings is 1. The maximum atomic E-state index is 10.9. The Kier molecular flexibility index (Phi) is 3.65. The van der Waals surface area contributed by atoms with Gasteiger partial charge in [-0.15, -0.1) is 0 Å². The molecule has 0 N–H and O–H groups in total. The monoisotopic (exact) mass is 260 g/mol. The average molecular weight is 260 g/mol. The molecule has 0 saturated heterocycles. The van der Waals surface area contributed by atoms with Gasteiger partial charge >= 0.3 is 0 Å². The van der Waals surface area contributed by atoms with Crippen LogP contribution in [-0.4, -0.2) is 19.0 Å². The van der Waals surface area contributed by atoms with Crippen LogP contribution in [0.4, 0.5) is 0 Å². The van der Waals surface area contributed by atoms with Gasteiger partial charge in [0.1, 0.15) is 17.8 Å². The van der Waals surface area contributed by atoms with E-state index in [2.05, 4.69) is 6.92 Å². The zero-order chi connectivity index (χ0) is 14.0. The molecule has 1 aromatic rings. The summed E-state index contributed by atoms with van der Waals surface area (Å²) >= 11 is 0. The molecule has 1 aliphatic rings. The number of carbonyl (C=O) groups is 1. The van der Waals surface area contributed by atoms with E-state index in [9.17, 15) is 4.79 Å². The van der Waals surface area contributed by atoms with Crippen LogP contribution in [0.3, 0.4) is 0 Å². The summed E-state index contributed by atoms with van der Waals surface area (Å²) < 4.78 is 11.6. The second-order valence-corrected chi connectivity index (χ2v) is 5.25. The van der Waals surface area contributed by atoms with Crippen molar-refractivity contribution < 1.29 is 14.3 Å². The molecule has 0 bridgehead atoms. The van der Waals surface area contributed by atoms with Gasteiger partial charge in [-0.25, -0.2) is 0 Å². The van der Waals surface area contributed by atoms with Crippen LogP contribution in [0.25, 0.3) is 5.57 Å². The number of aldehydes is 1. The molecule has 0 unspecified atom stereocenters. The van der Waals surface area contributed by atoms with Crippen LogP contribution in [0.1, 0.15) is 49.5 Å². The van der Waals surface area contributed by atoms with E-state index < -0.39 is 5.60 Å². The number of carbonyl (C=O) groups excluding carboxylic acids is 1. The maximum Gasteiger partial charge on any atom is 0.160 e. The van der Waals surface area contributed by atoms with E-state index in [1.165, 1.54) is 0 Å². The molecule has 0 radical (unpaired) electrons. The van der Waals surface area contributed by atoms with Gasteiger partial charge in [0, 0.05) is 16.7 Å². The van der Waals surface area contributed by atoms with Crippen LogP contribution in [0.15, 0.2) is 24.0 Å². The third-order valence-electron chi connectivity index (χ3n) is 3.35. The third kappa shape index (κ3) is 2.37. The molecule has 0 aliphatic carbocycles. The quantitative estimate of drug-likeness (QED) is 0.772. The molecule has 0 spiro atoms. The molecular formula is C16H20O3. The first-order valence-corrected chi connectivity index (χ1v) is 6.59. The number of ether oxygens (including phenoxy) is 2. The van der Waals surface area contributed by atoms with E-state index in [1.807, 2.05) is 26.0 Å². The van der Waals surface area contributed by atoms with Crippen molar-refractivity contribution in [1.29, 1.82) is 0 Å². The van der Waals surface area contributed by atoms with Gasteiger partial charge in [-0.3, -0.25) is 4.79 Å². The van der Waals surface area contributed by atoms with Gasteiger partial charge < -0.3 is 9.47 Å². The number of allylic oxidation sites excluding steroid dienone is 1. The Hall–Kier alpha value is -1.77. The van der Waals surface area contributed by atoms with E-state index in [-0.39, 0.29) is 0 Å². The summed E-state index contributed by atoms with van der Waals surface area (Å²) in [5.41, 5.74) is 2.29. The number of rotatable bonds is 4. The zero-order valence-electron chi connectivity index (χ0n) is 11.9. The lowest BCUT2D eigenvalue weighted by Crippen LogP contribution is -2.35. The lowest BCUT2D eigenvalue weighted by Gasteiger charge is -2.36. The first-order chi connectivity index (χ1) is 9.03. The summed E-state index contributed by atoms with van der Waals surface area (Å²) in [5, 5.41) is 0. The van der Waals surface area contributed by atoms with Crippen molar-refractivity contribution in [2.45, 2.75) is 39.2 Å². The van der Waals surface area contributed by atoms with Crippen molar-refractivity contribution in [3.05, 3.63) is 35.1 Å². The largest absolute Gasteiger partial charge is 0.497 e. The summed E-state index contributed by atoms with van der Waals surface area (Å²) in [5.74, 6) is 1.67. The highest BCUT2D eigenvalue weighted by atomic mass is 16.5. The van der Waals surface area contributed by atoms with Gasteiger partial charge in [0.15, 0.2) is 5.60 Å². The molecule has 1 heterocycles. The van der Waals surface area contributed by atoms with Crippen LogP contribution in [-0.2, 0) is 4.74 Å². The minimum atomic E-state index is -0.477. The van der Waals surface area contributed by atoms with Gasteiger partial charge in [-0.2, -0.15) is 0 Å². The summed E-state index contributed by atoms with van der Waals surface area (Å²) in [6.07, 6.45) is 2.78. The van der Waals surface area contributed by atoms with Crippen molar-refractivity contribution in [2.75, 3.05) is 7.11 Å². The van der Waals surface area contributed by atoms with Crippen molar-refractivity contribution in [1.82, 2.24) is 0 Å². The highest BCUT2D eigenvalue weighted by Gasteiger charge is 2.35. The highest BCUT2D eigenvalue weighted by molar-refractivity contribution is 5.82. The van der Waals surface area contributed by atoms with Crippen LogP contribution < -0.4 is 4.74 Å². The fourth-order valence-electron chi connectivity index (χ4n) is 2.62. The Morgan fingerprint density at radius 3 is 2.68 bits per heavy atom. The summed E-state index contributed by atoms with van der Waals surface area (Å²) in [6, 6.07) is 5.52. The van der Waals surface area contributed by atoms with Crippen LogP contribution >= 0.6 is 0 Å². The van der Waals surface area contributed by atoms with Gasteiger partial charge in [-0.05, 0) is 38.5 Å². The molecule has 19 heavy (non-hydrogen) atoms. The first kappa shape index (κ1) is 13.7. The van der Waals surface area contributed by atoms with E-state index in [0.29, 0.717) is 5.56 Å². The van der Waals surface area contributed by atoms with Gasteiger partial charge in [-0.1, -0.05) is 13.3 Å². The Morgan fingerprint density at radius 2 is 2.11 bits per heavy atom. The van der Waals surface area contributed by atoms with Gasteiger partial charge in [0.25, 0.3) is 0 Å². The fraction of sp³-hybridized carbons (Fsp3) is 0.438. The Labute approximate surface area is 114 Å². The predicted molar refractivity (Wildman–Crippen MR) is 75.4 cm³/mol. The third-order valence-corrected chi connectivity index (χ3v) is 3.35. The van der Waals surface area contributed by atoms with Gasteiger partial charge in [0.2, 0.25) is 0 Å². The van der Waals surface area contributed by atoms with Crippen molar-refractivity contribution in [3.8, 4) is 5.75 Å². The van der Waals surface area contributed by atoms with Crippen LogP contribution in [0.5, 0.6) is 5.75 Å². The Morgan fingerprint density at radius 1 is 1.37 bits per heavy atom. The van der Waals surface area contributed by atoms with Gasteiger partial charge in [0.05, 0.1) is 7.11 Å². The van der Waals surface area contributed by atoms with Crippen molar-refractivity contribution in [3.63, 3.8) is 0 Å². The topological polar surface area (TPSA) is 35.5 Å². The molecule has 0 aromatic heterocycles. The summed E-state index contributed by atoms with van der Waals surface area (Å²) in [6.45, 7) is 6.13.